The minimum Gasteiger partial charge on any atom is -0.324 e. The van der Waals surface area contributed by atoms with Crippen LogP contribution in [0.25, 0.3) is 10.8 Å². The van der Waals surface area contributed by atoms with Crippen molar-refractivity contribution in [1.82, 2.24) is 0 Å². The van der Waals surface area contributed by atoms with Crippen LogP contribution in [0.1, 0.15) is 52.1 Å². The van der Waals surface area contributed by atoms with Gasteiger partial charge in [-0.15, -0.1) is 0 Å². The molecule has 2 atom stereocenters. The van der Waals surface area contributed by atoms with Gasteiger partial charge in [0.1, 0.15) is 0 Å². The summed E-state index contributed by atoms with van der Waals surface area (Å²) in [5.41, 5.74) is 8.04. The molecular weight excluding hydrogens is 242 g/mol. The SMILES string of the molecule is CC(CC(N)c1ccc2ccccc2c1)CC(C)(C)C. The lowest BCUT2D eigenvalue weighted by Gasteiger charge is -2.25. The molecule has 0 heterocycles. The molecule has 0 aliphatic carbocycles. The molecule has 0 aliphatic rings. The average molecular weight is 269 g/mol. The minimum absolute atomic E-state index is 0.136. The Kier molecular flexibility index (Phi) is 4.49. The van der Waals surface area contributed by atoms with Crippen molar-refractivity contribution in [3.8, 4) is 0 Å². The van der Waals surface area contributed by atoms with Gasteiger partial charge in [0.05, 0.1) is 0 Å². The molecule has 0 spiro atoms. The molecule has 2 rings (SSSR count). The van der Waals surface area contributed by atoms with Gasteiger partial charge in [0.2, 0.25) is 0 Å². The van der Waals surface area contributed by atoms with Gasteiger partial charge < -0.3 is 5.73 Å². The highest BCUT2D eigenvalue weighted by Crippen LogP contribution is 2.30. The maximum absolute atomic E-state index is 6.41. The Morgan fingerprint density at radius 1 is 1.00 bits per heavy atom. The summed E-state index contributed by atoms with van der Waals surface area (Å²) in [6, 6.07) is 15.2. The van der Waals surface area contributed by atoms with Gasteiger partial charge in [-0.25, -0.2) is 0 Å². The summed E-state index contributed by atoms with van der Waals surface area (Å²) in [5.74, 6) is 0.650. The van der Waals surface area contributed by atoms with Crippen molar-refractivity contribution in [3.05, 3.63) is 48.0 Å². The summed E-state index contributed by atoms with van der Waals surface area (Å²) in [6.45, 7) is 9.20. The highest BCUT2D eigenvalue weighted by molar-refractivity contribution is 5.83. The normalized spacial score (nSPS) is 15.2. The molecule has 2 aromatic carbocycles. The minimum atomic E-state index is 0.136. The maximum Gasteiger partial charge on any atom is 0.0297 e. The fourth-order valence-corrected chi connectivity index (χ4v) is 3.14. The molecule has 0 aliphatic heterocycles. The third-order valence-corrected chi connectivity index (χ3v) is 3.82. The van der Waals surface area contributed by atoms with Crippen LogP contribution in [-0.2, 0) is 0 Å². The molecule has 0 saturated heterocycles. The fraction of sp³-hybridized carbons (Fsp3) is 0.474. The van der Waals surface area contributed by atoms with Crippen LogP contribution in [0.4, 0.5) is 0 Å². The second-order valence-corrected chi connectivity index (χ2v) is 7.32. The first-order chi connectivity index (χ1) is 9.35. The van der Waals surface area contributed by atoms with Crippen molar-refractivity contribution >= 4 is 10.8 Å². The Bertz CT molecular complexity index is 565. The third kappa shape index (κ3) is 4.08. The molecule has 0 aromatic heterocycles. The van der Waals surface area contributed by atoms with E-state index < -0.39 is 0 Å². The van der Waals surface area contributed by atoms with Crippen LogP contribution >= 0.6 is 0 Å². The van der Waals surface area contributed by atoms with E-state index in [1.165, 1.54) is 22.8 Å². The summed E-state index contributed by atoms with van der Waals surface area (Å²) in [5, 5.41) is 2.56. The van der Waals surface area contributed by atoms with Crippen LogP contribution in [0, 0.1) is 11.3 Å². The Labute approximate surface area is 123 Å². The Balaban J connectivity index is 2.09. The summed E-state index contributed by atoms with van der Waals surface area (Å²) < 4.78 is 0. The summed E-state index contributed by atoms with van der Waals surface area (Å²) in [7, 11) is 0. The highest BCUT2D eigenvalue weighted by Gasteiger charge is 2.18. The van der Waals surface area contributed by atoms with Crippen molar-refractivity contribution in [1.29, 1.82) is 0 Å². The largest absolute Gasteiger partial charge is 0.324 e. The van der Waals surface area contributed by atoms with E-state index in [1.807, 2.05) is 0 Å². The summed E-state index contributed by atoms with van der Waals surface area (Å²) in [4.78, 5) is 0. The van der Waals surface area contributed by atoms with E-state index in [9.17, 15) is 0 Å². The van der Waals surface area contributed by atoms with Crippen LogP contribution in [0.15, 0.2) is 42.5 Å². The molecule has 0 amide bonds. The van der Waals surface area contributed by atoms with Gasteiger partial charge in [-0.3, -0.25) is 0 Å². The van der Waals surface area contributed by atoms with Gasteiger partial charge in [0.15, 0.2) is 0 Å². The Morgan fingerprint density at radius 2 is 1.65 bits per heavy atom. The monoisotopic (exact) mass is 269 g/mol. The van der Waals surface area contributed by atoms with E-state index in [-0.39, 0.29) is 6.04 Å². The van der Waals surface area contributed by atoms with Gasteiger partial charge in [0.25, 0.3) is 0 Å². The first-order valence-electron chi connectivity index (χ1n) is 7.59. The zero-order chi connectivity index (χ0) is 14.8. The predicted molar refractivity (Wildman–Crippen MR) is 88.7 cm³/mol. The predicted octanol–water partition coefficient (Wildman–Crippen LogP) is 5.30. The summed E-state index contributed by atoms with van der Waals surface area (Å²) >= 11 is 0. The van der Waals surface area contributed by atoms with Crippen LogP contribution in [0.3, 0.4) is 0 Å². The second kappa shape index (κ2) is 5.97. The van der Waals surface area contributed by atoms with Crippen LogP contribution in [0.2, 0.25) is 0 Å². The third-order valence-electron chi connectivity index (χ3n) is 3.82. The van der Waals surface area contributed by atoms with E-state index in [4.69, 9.17) is 5.73 Å². The van der Waals surface area contributed by atoms with Gasteiger partial charge in [-0.1, -0.05) is 64.1 Å². The van der Waals surface area contributed by atoms with Crippen LogP contribution in [0.5, 0.6) is 0 Å². The standard InChI is InChI=1S/C19H27N/c1-14(13-19(2,3)4)11-18(20)17-10-9-15-7-5-6-8-16(15)12-17/h5-10,12,14,18H,11,13,20H2,1-4H3. The molecule has 108 valence electrons. The molecule has 1 nitrogen and oxygen atoms in total. The molecule has 2 aromatic rings. The fourth-order valence-electron chi connectivity index (χ4n) is 3.14. The molecular formula is C19H27N. The molecule has 2 unspecified atom stereocenters. The first kappa shape index (κ1) is 15.1. The molecule has 2 N–H and O–H groups in total. The van der Waals surface area contributed by atoms with Gasteiger partial charge in [0, 0.05) is 6.04 Å². The lowest BCUT2D eigenvalue weighted by atomic mass is 9.82. The molecule has 0 fully saturated rings. The van der Waals surface area contributed by atoms with Crippen molar-refractivity contribution < 1.29 is 0 Å². The second-order valence-electron chi connectivity index (χ2n) is 7.32. The maximum atomic E-state index is 6.41. The first-order valence-corrected chi connectivity index (χ1v) is 7.59. The van der Waals surface area contributed by atoms with E-state index in [2.05, 4.69) is 70.2 Å². The zero-order valence-electron chi connectivity index (χ0n) is 13.2. The topological polar surface area (TPSA) is 26.0 Å². The van der Waals surface area contributed by atoms with E-state index in [0.29, 0.717) is 11.3 Å². The lowest BCUT2D eigenvalue weighted by molar-refractivity contribution is 0.286. The summed E-state index contributed by atoms with van der Waals surface area (Å²) in [6.07, 6.45) is 2.27. The van der Waals surface area contributed by atoms with E-state index >= 15 is 0 Å². The van der Waals surface area contributed by atoms with Gasteiger partial charge in [-0.2, -0.15) is 0 Å². The number of hydrogen-bond acceptors (Lipinski definition) is 1. The van der Waals surface area contributed by atoms with Crippen molar-refractivity contribution in [2.45, 2.75) is 46.6 Å². The van der Waals surface area contributed by atoms with E-state index in [1.54, 1.807) is 0 Å². The highest BCUT2D eigenvalue weighted by atomic mass is 14.6. The molecule has 0 radical (unpaired) electrons. The van der Waals surface area contributed by atoms with Gasteiger partial charge >= 0.3 is 0 Å². The lowest BCUT2D eigenvalue weighted by Crippen LogP contribution is -2.18. The Hall–Kier alpha value is -1.34. The van der Waals surface area contributed by atoms with Crippen molar-refractivity contribution in [2.75, 3.05) is 0 Å². The molecule has 0 bridgehead atoms. The quantitative estimate of drug-likeness (QED) is 0.800. The number of hydrogen-bond donors (Lipinski definition) is 1. The van der Waals surface area contributed by atoms with Crippen molar-refractivity contribution in [3.63, 3.8) is 0 Å². The average Bonchev–Trinajstić information content (AvgIpc) is 2.35. The number of benzene rings is 2. The number of rotatable bonds is 4. The smallest absolute Gasteiger partial charge is 0.0297 e. The van der Waals surface area contributed by atoms with Crippen molar-refractivity contribution in [2.24, 2.45) is 17.1 Å². The van der Waals surface area contributed by atoms with Crippen LogP contribution < -0.4 is 5.73 Å². The number of fused-ring (bicyclic) bond motifs is 1. The molecule has 0 saturated carbocycles. The van der Waals surface area contributed by atoms with Gasteiger partial charge in [-0.05, 0) is 46.6 Å². The Morgan fingerprint density at radius 3 is 2.30 bits per heavy atom. The molecule has 1 heteroatoms. The van der Waals surface area contributed by atoms with Crippen LogP contribution in [-0.4, -0.2) is 0 Å². The molecule has 20 heavy (non-hydrogen) atoms. The number of nitrogens with two attached hydrogens (primary N) is 1. The van der Waals surface area contributed by atoms with E-state index in [0.717, 1.165) is 6.42 Å². The zero-order valence-corrected chi connectivity index (χ0v) is 13.2.